The molecule has 1 aliphatic heterocycles. The predicted molar refractivity (Wildman–Crippen MR) is 96.4 cm³/mol. The van der Waals surface area contributed by atoms with Crippen molar-refractivity contribution in [3.8, 4) is 5.75 Å². The van der Waals surface area contributed by atoms with Gasteiger partial charge in [-0.05, 0) is 35.4 Å². The number of hydrogen-bond acceptors (Lipinski definition) is 4. The van der Waals surface area contributed by atoms with E-state index in [4.69, 9.17) is 4.74 Å². The fourth-order valence-corrected chi connectivity index (χ4v) is 3.08. The minimum absolute atomic E-state index is 0.0308. The fraction of sp³-hybridized carbons (Fsp3) is 0.278. The number of hydrazine groups is 1. The number of hydrogen-bond donors (Lipinski definition) is 3. The van der Waals surface area contributed by atoms with Gasteiger partial charge in [-0.3, -0.25) is 10.2 Å². The Morgan fingerprint density at radius 3 is 2.83 bits per heavy atom. The highest BCUT2D eigenvalue weighted by molar-refractivity contribution is 9.10. The highest BCUT2D eigenvalue weighted by Crippen LogP contribution is 2.27. The summed E-state index contributed by atoms with van der Waals surface area (Å²) in [5, 5.41) is 3.02. The Balaban J connectivity index is 1.65. The first-order valence-corrected chi connectivity index (χ1v) is 8.61. The molecule has 126 valence electrons. The van der Waals surface area contributed by atoms with Crippen LogP contribution in [0.5, 0.6) is 5.75 Å². The van der Waals surface area contributed by atoms with Crippen molar-refractivity contribution in [1.82, 2.24) is 16.2 Å². The minimum atomic E-state index is -0.174. The second-order valence-electron chi connectivity index (χ2n) is 5.73. The number of ether oxygens (including phenoxy) is 1. The predicted octanol–water partition coefficient (Wildman–Crippen LogP) is 2.54. The van der Waals surface area contributed by atoms with E-state index in [-0.39, 0.29) is 17.9 Å². The van der Waals surface area contributed by atoms with Crippen LogP contribution in [0.4, 0.5) is 0 Å². The molecule has 0 spiro atoms. The van der Waals surface area contributed by atoms with Gasteiger partial charge in [0.05, 0.1) is 19.1 Å². The van der Waals surface area contributed by atoms with Gasteiger partial charge in [-0.15, -0.1) is 0 Å². The summed E-state index contributed by atoms with van der Waals surface area (Å²) in [5.41, 5.74) is 8.38. The number of amides is 1. The molecule has 0 aromatic heterocycles. The van der Waals surface area contributed by atoms with Crippen molar-refractivity contribution in [2.45, 2.75) is 12.6 Å². The monoisotopic (exact) mass is 389 g/mol. The van der Waals surface area contributed by atoms with Gasteiger partial charge in [0.15, 0.2) is 0 Å². The summed E-state index contributed by atoms with van der Waals surface area (Å²) in [6.45, 7) is 1.11. The molecule has 3 N–H and O–H groups in total. The highest BCUT2D eigenvalue weighted by atomic mass is 79.9. The van der Waals surface area contributed by atoms with Gasteiger partial charge in [-0.2, -0.15) is 0 Å². The van der Waals surface area contributed by atoms with Crippen molar-refractivity contribution in [1.29, 1.82) is 0 Å². The standard InChI is InChI=1S/C18H20BrN3O2/c1-24-15-4-2-3-13(9-15)17-16(11-21-22-17)18(23)20-10-12-5-7-14(19)8-6-12/h2-9,16-17,21-22H,10-11H2,1H3,(H,20,23). The fourth-order valence-electron chi connectivity index (χ4n) is 2.81. The van der Waals surface area contributed by atoms with Gasteiger partial charge >= 0.3 is 0 Å². The number of halogens is 1. The SMILES string of the molecule is COc1cccc(C2NNCC2C(=O)NCc2ccc(Br)cc2)c1. The van der Waals surface area contributed by atoms with Crippen LogP contribution in [-0.2, 0) is 11.3 Å². The average Bonchev–Trinajstić information content (AvgIpc) is 3.11. The van der Waals surface area contributed by atoms with Crippen LogP contribution in [0.25, 0.3) is 0 Å². The highest BCUT2D eigenvalue weighted by Gasteiger charge is 2.33. The Morgan fingerprint density at radius 2 is 2.08 bits per heavy atom. The molecule has 3 rings (SSSR count). The molecular formula is C18H20BrN3O2. The quantitative estimate of drug-likeness (QED) is 0.735. The zero-order chi connectivity index (χ0) is 16.9. The number of methoxy groups -OCH3 is 1. The van der Waals surface area contributed by atoms with Crippen molar-refractivity contribution in [3.63, 3.8) is 0 Å². The van der Waals surface area contributed by atoms with Gasteiger partial charge in [0.25, 0.3) is 0 Å². The van der Waals surface area contributed by atoms with E-state index in [2.05, 4.69) is 32.1 Å². The van der Waals surface area contributed by atoms with Crippen molar-refractivity contribution >= 4 is 21.8 Å². The molecule has 0 saturated carbocycles. The van der Waals surface area contributed by atoms with Crippen LogP contribution >= 0.6 is 15.9 Å². The van der Waals surface area contributed by atoms with Crippen LogP contribution in [0.1, 0.15) is 17.2 Å². The lowest BCUT2D eigenvalue weighted by atomic mass is 9.94. The van der Waals surface area contributed by atoms with Crippen LogP contribution in [0.15, 0.2) is 53.0 Å². The molecular weight excluding hydrogens is 370 g/mol. The molecule has 2 atom stereocenters. The molecule has 0 radical (unpaired) electrons. The first-order chi connectivity index (χ1) is 11.7. The summed E-state index contributed by atoms with van der Waals surface area (Å²) in [4.78, 5) is 12.6. The Hall–Kier alpha value is -1.89. The molecule has 5 nitrogen and oxygen atoms in total. The molecule has 1 fully saturated rings. The van der Waals surface area contributed by atoms with E-state index in [1.807, 2.05) is 48.5 Å². The van der Waals surface area contributed by atoms with Crippen LogP contribution < -0.4 is 20.9 Å². The summed E-state index contributed by atoms with van der Waals surface area (Å²) in [6, 6.07) is 15.6. The molecule has 2 aromatic rings. The van der Waals surface area contributed by atoms with E-state index in [0.29, 0.717) is 13.1 Å². The summed E-state index contributed by atoms with van der Waals surface area (Å²) in [5.74, 6) is 0.644. The van der Waals surface area contributed by atoms with E-state index in [0.717, 1.165) is 21.3 Å². The molecule has 2 unspecified atom stereocenters. The summed E-state index contributed by atoms with van der Waals surface area (Å²) < 4.78 is 6.30. The zero-order valence-electron chi connectivity index (χ0n) is 13.4. The van der Waals surface area contributed by atoms with E-state index in [1.165, 1.54) is 0 Å². The van der Waals surface area contributed by atoms with E-state index >= 15 is 0 Å². The smallest absolute Gasteiger partial charge is 0.226 e. The first-order valence-electron chi connectivity index (χ1n) is 7.82. The third kappa shape index (κ3) is 3.95. The summed E-state index contributed by atoms with van der Waals surface area (Å²) in [6.07, 6.45) is 0. The molecule has 0 bridgehead atoms. The van der Waals surface area contributed by atoms with Crippen molar-refractivity contribution in [2.75, 3.05) is 13.7 Å². The zero-order valence-corrected chi connectivity index (χ0v) is 15.0. The van der Waals surface area contributed by atoms with Gasteiger partial charge in [0.1, 0.15) is 5.75 Å². The number of carbonyl (C=O) groups is 1. The lowest BCUT2D eigenvalue weighted by molar-refractivity contribution is -0.125. The van der Waals surface area contributed by atoms with E-state index in [9.17, 15) is 4.79 Å². The first kappa shape index (κ1) is 17.0. The molecule has 1 heterocycles. The maximum atomic E-state index is 12.6. The summed E-state index contributed by atoms with van der Waals surface area (Å²) in [7, 11) is 1.64. The maximum Gasteiger partial charge on any atom is 0.226 e. The van der Waals surface area contributed by atoms with Gasteiger partial charge in [-0.25, -0.2) is 5.43 Å². The van der Waals surface area contributed by atoms with Gasteiger partial charge in [0, 0.05) is 17.6 Å². The molecule has 6 heteroatoms. The normalized spacial score (nSPS) is 19.9. The third-order valence-corrected chi connectivity index (χ3v) is 4.68. The van der Waals surface area contributed by atoms with Crippen LogP contribution in [-0.4, -0.2) is 19.6 Å². The van der Waals surface area contributed by atoms with Gasteiger partial charge < -0.3 is 10.1 Å². The second-order valence-corrected chi connectivity index (χ2v) is 6.65. The molecule has 0 aliphatic carbocycles. The maximum absolute atomic E-state index is 12.6. The largest absolute Gasteiger partial charge is 0.497 e. The number of nitrogens with one attached hydrogen (secondary N) is 3. The third-order valence-electron chi connectivity index (χ3n) is 4.15. The molecule has 2 aromatic carbocycles. The molecule has 24 heavy (non-hydrogen) atoms. The van der Waals surface area contributed by atoms with Gasteiger partial charge in [0.2, 0.25) is 5.91 Å². The van der Waals surface area contributed by atoms with Gasteiger partial charge in [-0.1, -0.05) is 40.2 Å². The van der Waals surface area contributed by atoms with E-state index in [1.54, 1.807) is 7.11 Å². The van der Waals surface area contributed by atoms with Crippen molar-refractivity contribution < 1.29 is 9.53 Å². The Kier molecular flexibility index (Phi) is 5.50. The summed E-state index contributed by atoms with van der Waals surface area (Å²) >= 11 is 3.41. The second kappa shape index (κ2) is 7.79. The topological polar surface area (TPSA) is 62.4 Å². The number of rotatable bonds is 5. The molecule has 1 saturated heterocycles. The van der Waals surface area contributed by atoms with Crippen LogP contribution in [0.3, 0.4) is 0 Å². The lowest BCUT2D eigenvalue weighted by Crippen LogP contribution is -2.34. The Morgan fingerprint density at radius 1 is 1.29 bits per heavy atom. The van der Waals surface area contributed by atoms with E-state index < -0.39 is 0 Å². The molecule has 1 aliphatic rings. The number of benzene rings is 2. The van der Waals surface area contributed by atoms with Crippen LogP contribution in [0.2, 0.25) is 0 Å². The van der Waals surface area contributed by atoms with Crippen LogP contribution in [0, 0.1) is 5.92 Å². The number of carbonyl (C=O) groups excluding carboxylic acids is 1. The lowest BCUT2D eigenvalue weighted by Gasteiger charge is -2.19. The molecule has 1 amide bonds. The Bertz CT molecular complexity index is 706. The average molecular weight is 390 g/mol. The minimum Gasteiger partial charge on any atom is -0.497 e. The Labute approximate surface area is 149 Å². The van der Waals surface area contributed by atoms with Crippen molar-refractivity contribution in [3.05, 3.63) is 64.1 Å². The van der Waals surface area contributed by atoms with Crippen molar-refractivity contribution in [2.24, 2.45) is 5.92 Å².